The van der Waals surface area contributed by atoms with Crippen molar-refractivity contribution in [2.45, 2.75) is 13.8 Å². The van der Waals surface area contributed by atoms with Gasteiger partial charge in [0.2, 0.25) is 11.8 Å². The number of halogens is 2. The van der Waals surface area contributed by atoms with Gasteiger partial charge in [0.1, 0.15) is 0 Å². The van der Waals surface area contributed by atoms with Gasteiger partial charge in [-0.3, -0.25) is 9.59 Å². The van der Waals surface area contributed by atoms with Gasteiger partial charge in [0.15, 0.2) is 0 Å². The molecule has 5 nitrogen and oxygen atoms in total. The van der Waals surface area contributed by atoms with Gasteiger partial charge in [0.05, 0.1) is 10.7 Å². The highest BCUT2D eigenvalue weighted by atomic mass is 35.5. The van der Waals surface area contributed by atoms with Gasteiger partial charge in [-0.25, -0.2) is 0 Å². The van der Waals surface area contributed by atoms with E-state index >= 15 is 0 Å². The lowest BCUT2D eigenvalue weighted by molar-refractivity contribution is -0.134. The van der Waals surface area contributed by atoms with Gasteiger partial charge < -0.3 is 15.1 Å². The molecule has 30 heavy (non-hydrogen) atoms. The van der Waals surface area contributed by atoms with E-state index in [0.717, 1.165) is 24.3 Å². The minimum Gasteiger partial charge on any atom is -0.367 e. The van der Waals surface area contributed by atoms with Gasteiger partial charge >= 0.3 is 0 Å². The van der Waals surface area contributed by atoms with E-state index in [0.29, 0.717) is 28.8 Å². The van der Waals surface area contributed by atoms with Crippen molar-refractivity contribution in [3.05, 3.63) is 64.1 Å². The zero-order valence-electron chi connectivity index (χ0n) is 17.1. The second-order valence-electron chi connectivity index (χ2n) is 7.51. The zero-order chi connectivity index (χ0) is 21.7. The Morgan fingerprint density at radius 1 is 1.00 bits per heavy atom. The van der Waals surface area contributed by atoms with E-state index in [1.807, 2.05) is 43.0 Å². The van der Waals surface area contributed by atoms with E-state index in [1.165, 1.54) is 6.08 Å². The van der Waals surface area contributed by atoms with Crippen LogP contribution in [-0.2, 0) is 9.59 Å². The van der Waals surface area contributed by atoms with Crippen LogP contribution in [0.1, 0.15) is 19.4 Å². The number of nitrogens with one attached hydrogen (secondary N) is 1. The van der Waals surface area contributed by atoms with E-state index in [1.54, 1.807) is 24.3 Å². The maximum atomic E-state index is 12.2. The highest BCUT2D eigenvalue weighted by molar-refractivity contribution is 6.33. The van der Waals surface area contributed by atoms with Crippen LogP contribution in [0.2, 0.25) is 10.0 Å². The fourth-order valence-electron chi connectivity index (χ4n) is 3.30. The monoisotopic (exact) mass is 445 g/mol. The summed E-state index contributed by atoms with van der Waals surface area (Å²) < 4.78 is 0. The highest BCUT2D eigenvalue weighted by Gasteiger charge is 2.23. The lowest BCUT2D eigenvalue weighted by atomic mass is 10.1. The minimum atomic E-state index is -0.241. The molecule has 1 saturated heterocycles. The Morgan fingerprint density at radius 3 is 2.27 bits per heavy atom. The van der Waals surface area contributed by atoms with E-state index < -0.39 is 0 Å². The Kier molecular flexibility index (Phi) is 7.40. The van der Waals surface area contributed by atoms with Crippen LogP contribution in [0, 0.1) is 5.92 Å². The average molecular weight is 446 g/mol. The van der Waals surface area contributed by atoms with Gasteiger partial charge in [0, 0.05) is 48.9 Å². The number of amides is 2. The van der Waals surface area contributed by atoms with Crippen molar-refractivity contribution in [3.8, 4) is 0 Å². The van der Waals surface area contributed by atoms with E-state index in [4.69, 9.17) is 23.2 Å². The van der Waals surface area contributed by atoms with Gasteiger partial charge in [-0.2, -0.15) is 0 Å². The summed E-state index contributed by atoms with van der Waals surface area (Å²) in [5, 5.41) is 4.04. The summed E-state index contributed by atoms with van der Waals surface area (Å²) >= 11 is 12.3. The van der Waals surface area contributed by atoms with Gasteiger partial charge in [-0.15, -0.1) is 0 Å². The van der Waals surface area contributed by atoms with Crippen LogP contribution < -0.4 is 10.2 Å². The van der Waals surface area contributed by atoms with Crippen LogP contribution in [-0.4, -0.2) is 42.9 Å². The number of hydrogen-bond donors (Lipinski definition) is 1. The number of rotatable bonds is 5. The normalized spacial score (nSPS) is 14.4. The van der Waals surface area contributed by atoms with Crippen molar-refractivity contribution in [3.63, 3.8) is 0 Å². The summed E-state index contributed by atoms with van der Waals surface area (Å²) in [4.78, 5) is 28.4. The molecule has 1 fully saturated rings. The molecule has 0 atom stereocenters. The molecule has 0 bridgehead atoms. The Morgan fingerprint density at radius 2 is 1.67 bits per heavy atom. The van der Waals surface area contributed by atoms with Crippen molar-refractivity contribution in [2.24, 2.45) is 5.92 Å². The van der Waals surface area contributed by atoms with Gasteiger partial charge in [0.25, 0.3) is 0 Å². The first-order valence-corrected chi connectivity index (χ1v) is 10.7. The molecule has 158 valence electrons. The molecular formula is C23H25Cl2N3O2. The number of nitrogens with zero attached hydrogens (tertiary/aromatic N) is 2. The lowest BCUT2D eigenvalue weighted by Crippen LogP contribution is -2.50. The van der Waals surface area contributed by atoms with Crippen molar-refractivity contribution < 1.29 is 9.59 Å². The van der Waals surface area contributed by atoms with Gasteiger partial charge in [-0.05, 0) is 42.0 Å². The van der Waals surface area contributed by atoms with E-state index in [9.17, 15) is 9.59 Å². The van der Waals surface area contributed by atoms with Crippen LogP contribution in [0.25, 0.3) is 6.08 Å². The highest BCUT2D eigenvalue weighted by Crippen LogP contribution is 2.30. The predicted molar refractivity (Wildman–Crippen MR) is 124 cm³/mol. The summed E-state index contributed by atoms with van der Waals surface area (Å²) in [6, 6.07) is 12.7. The van der Waals surface area contributed by atoms with Crippen LogP contribution in [0.15, 0.2) is 48.5 Å². The van der Waals surface area contributed by atoms with Crippen LogP contribution in [0.3, 0.4) is 0 Å². The molecule has 2 aromatic carbocycles. The molecule has 1 heterocycles. The maximum Gasteiger partial charge on any atom is 0.248 e. The first kappa shape index (κ1) is 22.2. The Labute approximate surface area is 187 Å². The summed E-state index contributed by atoms with van der Waals surface area (Å²) in [5.41, 5.74) is 2.42. The number of carbonyl (C=O) groups is 2. The quantitative estimate of drug-likeness (QED) is 0.662. The fourth-order valence-corrected chi connectivity index (χ4v) is 3.73. The molecule has 0 aromatic heterocycles. The van der Waals surface area contributed by atoms with E-state index in [2.05, 4.69) is 10.2 Å². The van der Waals surface area contributed by atoms with Gasteiger partial charge in [-0.1, -0.05) is 49.2 Å². The third-order valence-corrected chi connectivity index (χ3v) is 5.49. The molecule has 0 aliphatic carbocycles. The largest absolute Gasteiger partial charge is 0.367 e. The average Bonchev–Trinajstić information content (AvgIpc) is 2.73. The molecule has 1 aliphatic heterocycles. The molecule has 2 amide bonds. The molecule has 0 spiro atoms. The second kappa shape index (κ2) is 10.0. The second-order valence-corrected chi connectivity index (χ2v) is 8.35. The number of piperazine rings is 1. The van der Waals surface area contributed by atoms with Crippen molar-refractivity contribution in [1.82, 2.24) is 4.90 Å². The first-order valence-electron chi connectivity index (χ1n) is 9.91. The lowest BCUT2D eigenvalue weighted by Gasteiger charge is -2.37. The predicted octanol–water partition coefficient (Wildman–Crippen LogP) is 4.95. The number of anilines is 2. The first-order chi connectivity index (χ1) is 14.3. The number of benzene rings is 2. The summed E-state index contributed by atoms with van der Waals surface area (Å²) in [6.07, 6.45) is 3.19. The molecule has 0 unspecified atom stereocenters. The fraction of sp³-hybridized carbons (Fsp3) is 0.304. The summed E-state index contributed by atoms with van der Waals surface area (Å²) in [5.74, 6) is -0.0446. The molecule has 1 aliphatic rings. The molecule has 1 N–H and O–H groups in total. The Bertz CT molecular complexity index is 934. The van der Waals surface area contributed by atoms with Crippen LogP contribution >= 0.6 is 23.2 Å². The zero-order valence-corrected chi connectivity index (χ0v) is 18.6. The Balaban J connectivity index is 1.58. The smallest absolute Gasteiger partial charge is 0.248 e. The molecular weight excluding hydrogens is 421 g/mol. The maximum absolute atomic E-state index is 12.2. The summed E-state index contributed by atoms with van der Waals surface area (Å²) in [7, 11) is 0. The van der Waals surface area contributed by atoms with Crippen molar-refractivity contribution >= 4 is 52.5 Å². The topological polar surface area (TPSA) is 52.7 Å². The number of hydrogen-bond acceptors (Lipinski definition) is 3. The Hall–Kier alpha value is -2.50. The third-order valence-electron chi connectivity index (χ3n) is 4.94. The summed E-state index contributed by atoms with van der Waals surface area (Å²) in [6.45, 7) is 6.66. The molecule has 0 saturated carbocycles. The van der Waals surface area contributed by atoms with Crippen molar-refractivity contribution in [1.29, 1.82) is 0 Å². The van der Waals surface area contributed by atoms with Crippen molar-refractivity contribution in [2.75, 3.05) is 36.4 Å². The standard InChI is InChI=1S/C23H25Cl2N3O2/c1-16(2)23(30)28-13-11-27(12-14-28)21-9-8-19(15-20(21)25)26-22(29)10-5-17-3-6-18(24)7-4-17/h3-10,15-16H,11-14H2,1-2H3,(H,26,29). The molecule has 0 radical (unpaired) electrons. The van der Waals surface area contributed by atoms with E-state index in [-0.39, 0.29) is 17.7 Å². The molecule has 3 rings (SSSR count). The minimum absolute atomic E-state index is 0.0109. The third kappa shape index (κ3) is 5.77. The van der Waals surface area contributed by atoms with Crippen LogP contribution in [0.4, 0.5) is 11.4 Å². The SMILES string of the molecule is CC(C)C(=O)N1CCN(c2ccc(NC(=O)C=Cc3ccc(Cl)cc3)cc2Cl)CC1. The molecule has 2 aromatic rings. The van der Waals surface area contributed by atoms with Crippen LogP contribution in [0.5, 0.6) is 0 Å². The molecule has 7 heteroatoms. The number of carbonyl (C=O) groups excluding carboxylic acids is 2.